The van der Waals surface area contributed by atoms with Gasteiger partial charge in [-0.1, -0.05) is 44.2 Å². The van der Waals surface area contributed by atoms with E-state index < -0.39 is 0 Å². The van der Waals surface area contributed by atoms with Crippen LogP contribution in [-0.4, -0.2) is 66.1 Å². The number of likely N-dealkylation sites (tertiary alicyclic amines) is 1. The molecule has 1 aromatic carbocycles. The highest BCUT2D eigenvalue weighted by atomic mass is 15.3. The summed E-state index contributed by atoms with van der Waals surface area (Å²) in [6.07, 6.45) is 3.41. The zero-order chi connectivity index (χ0) is 18.4. The maximum Gasteiger partial charge on any atom is 0.122 e. The van der Waals surface area contributed by atoms with E-state index in [9.17, 15) is 5.26 Å². The number of benzene rings is 1. The lowest BCUT2D eigenvalue weighted by Gasteiger charge is -2.48. The quantitative estimate of drug-likeness (QED) is 0.785. The van der Waals surface area contributed by atoms with Gasteiger partial charge >= 0.3 is 0 Å². The molecule has 1 aromatic rings. The predicted octanol–water partition coefficient (Wildman–Crippen LogP) is 3.21. The molecule has 1 atom stereocenters. The van der Waals surface area contributed by atoms with E-state index in [1.165, 1.54) is 18.5 Å². The topological polar surface area (TPSA) is 33.5 Å². The third-order valence-corrected chi connectivity index (χ3v) is 6.01. The van der Waals surface area contributed by atoms with Crippen molar-refractivity contribution in [3.63, 3.8) is 0 Å². The average molecular weight is 355 g/mol. The lowest BCUT2D eigenvalue weighted by atomic mass is 9.87. The van der Waals surface area contributed by atoms with Crippen molar-refractivity contribution in [1.29, 1.82) is 5.26 Å². The van der Waals surface area contributed by atoms with E-state index in [2.05, 4.69) is 64.9 Å². The summed E-state index contributed by atoms with van der Waals surface area (Å²) in [5, 5.41) is 10.1. The molecular formula is C22H34N4. The monoisotopic (exact) mass is 354 g/mol. The van der Waals surface area contributed by atoms with Gasteiger partial charge < -0.3 is 4.90 Å². The Morgan fingerprint density at radius 1 is 1.04 bits per heavy atom. The molecule has 0 spiro atoms. The molecule has 0 saturated carbocycles. The molecule has 2 aliphatic rings. The van der Waals surface area contributed by atoms with Gasteiger partial charge in [-0.05, 0) is 43.8 Å². The molecule has 2 aliphatic heterocycles. The highest BCUT2D eigenvalue weighted by Gasteiger charge is 2.42. The zero-order valence-corrected chi connectivity index (χ0v) is 16.5. The van der Waals surface area contributed by atoms with Crippen LogP contribution >= 0.6 is 0 Å². The SMILES string of the molecule is CC(C)CCN1CCN(C2(C#N)CCCN(Cc3ccccc3)C2)CC1. The lowest BCUT2D eigenvalue weighted by Crippen LogP contribution is -2.62. The Morgan fingerprint density at radius 2 is 1.77 bits per heavy atom. The van der Waals surface area contributed by atoms with Gasteiger partial charge in [0, 0.05) is 39.3 Å². The minimum Gasteiger partial charge on any atom is -0.301 e. The van der Waals surface area contributed by atoms with Crippen molar-refractivity contribution in [2.75, 3.05) is 45.8 Å². The summed E-state index contributed by atoms with van der Waals surface area (Å²) in [5.74, 6) is 0.767. The van der Waals surface area contributed by atoms with Crippen LogP contribution in [0.4, 0.5) is 0 Å². The number of hydrogen-bond donors (Lipinski definition) is 0. The summed E-state index contributed by atoms with van der Waals surface area (Å²) in [7, 11) is 0. The van der Waals surface area contributed by atoms with Gasteiger partial charge in [0.2, 0.25) is 0 Å². The van der Waals surface area contributed by atoms with E-state index in [0.717, 1.165) is 64.6 Å². The molecule has 4 nitrogen and oxygen atoms in total. The minimum atomic E-state index is -0.294. The normalized spacial score (nSPS) is 26.1. The molecule has 2 saturated heterocycles. The van der Waals surface area contributed by atoms with E-state index in [1.807, 2.05) is 0 Å². The largest absolute Gasteiger partial charge is 0.301 e. The summed E-state index contributed by atoms with van der Waals surface area (Å²) < 4.78 is 0. The molecule has 0 amide bonds. The zero-order valence-electron chi connectivity index (χ0n) is 16.5. The molecule has 0 aromatic heterocycles. The first-order chi connectivity index (χ1) is 12.6. The van der Waals surface area contributed by atoms with Crippen molar-refractivity contribution in [3.8, 4) is 6.07 Å². The lowest BCUT2D eigenvalue weighted by molar-refractivity contribution is 0.0112. The van der Waals surface area contributed by atoms with Gasteiger partial charge in [-0.3, -0.25) is 9.80 Å². The third kappa shape index (κ3) is 4.85. The smallest absolute Gasteiger partial charge is 0.122 e. The molecule has 0 radical (unpaired) electrons. The number of rotatable bonds is 6. The molecule has 26 heavy (non-hydrogen) atoms. The Balaban J connectivity index is 1.57. The number of piperidine rings is 1. The minimum absolute atomic E-state index is 0.294. The number of nitriles is 1. The maximum absolute atomic E-state index is 10.1. The predicted molar refractivity (Wildman–Crippen MR) is 107 cm³/mol. The molecule has 142 valence electrons. The van der Waals surface area contributed by atoms with Crippen molar-refractivity contribution >= 4 is 0 Å². The maximum atomic E-state index is 10.1. The summed E-state index contributed by atoms with van der Waals surface area (Å²) >= 11 is 0. The molecule has 4 heteroatoms. The molecule has 2 heterocycles. The van der Waals surface area contributed by atoms with Crippen molar-refractivity contribution in [2.45, 2.75) is 45.2 Å². The standard InChI is InChI=1S/C22H34N4/c1-20(2)9-12-24-13-15-26(16-14-24)22(18-23)10-6-11-25(19-22)17-21-7-4-3-5-8-21/h3-5,7-8,20H,6,9-17,19H2,1-2H3. The van der Waals surface area contributed by atoms with Gasteiger partial charge in [0.15, 0.2) is 0 Å². The molecule has 0 N–H and O–H groups in total. The van der Waals surface area contributed by atoms with Crippen LogP contribution < -0.4 is 0 Å². The average Bonchev–Trinajstić information content (AvgIpc) is 2.67. The van der Waals surface area contributed by atoms with Crippen molar-refractivity contribution in [2.24, 2.45) is 5.92 Å². The van der Waals surface area contributed by atoms with Crippen LogP contribution in [0.25, 0.3) is 0 Å². The fraction of sp³-hybridized carbons (Fsp3) is 0.682. The van der Waals surface area contributed by atoms with Crippen LogP contribution in [0.1, 0.15) is 38.7 Å². The highest BCUT2D eigenvalue weighted by molar-refractivity contribution is 5.17. The molecule has 1 unspecified atom stereocenters. The van der Waals surface area contributed by atoms with E-state index in [-0.39, 0.29) is 5.54 Å². The molecule has 2 fully saturated rings. The van der Waals surface area contributed by atoms with E-state index in [4.69, 9.17) is 0 Å². The first-order valence-electron chi connectivity index (χ1n) is 10.3. The molecular weight excluding hydrogens is 320 g/mol. The van der Waals surface area contributed by atoms with Crippen molar-refractivity contribution < 1.29 is 0 Å². The van der Waals surface area contributed by atoms with Crippen LogP contribution in [0.5, 0.6) is 0 Å². The summed E-state index contributed by atoms with van der Waals surface area (Å²) in [5.41, 5.74) is 1.05. The van der Waals surface area contributed by atoms with Gasteiger partial charge in [0.25, 0.3) is 0 Å². The van der Waals surface area contributed by atoms with Gasteiger partial charge in [-0.15, -0.1) is 0 Å². The summed E-state index contributed by atoms with van der Waals surface area (Å²) in [6.45, 7) is 13.0. The van der Waals surface area contributed by atoms with E-state index in [1.54, 1.807) is 0 Å². The van der Waals surface area contributed by atoms with Crippen molar-refractivity contribution in [1.82, 2.24) is 14.7 Å². The Labute approximate surface area is 159 Å². The van der Waals surface area contributed by atoms with Gasteiger partial charge in [0.05, 0.1) is 6.07 Å². The van der Waals surface area contributed by atoms with Crippen LogP contribution in [-0.2, 0) is 6.54 Å². The number of nitrogens with zero attached hydrogens (tertiary/aromatic N) is 4. The Morgan fingerprint density at radius 3 is 2.42 bits per heavy atom. The Hall–Kier alpha value is -1.41. The van der Waals surface area contributed by atoms with Gasteiger partial charge in [0.1, 0.15) is 5.54 Å². The number of hydrogen-bond acceptors (Lipinski definition) is 4. The summed E-state index contributed by atoms with van der Waals surface area (Å²) in [4.78, 5) is 7.54. The summed E-state index contributed by atoms with van der Waals surface area (Å²) in [6, 6.07) is 13.4. The first-order valence-corrected chi connectivity index (χ1v) is 10.3. The second-order valence-corrected chi connectivity index (χ2v) is 8.45. The van der Waals surface area contributed by atoms with E-state index >= 15 is 0 Å². The van der Waals surface area contributed by atoms with Crippen LogP contribution in [0.15, 0.2) is 30.3 Å². The van der Waals surface area contributed by atoms with Crippen LogP contribution in [0, 0.1) is 17.2 Å². The first kappa shape index (κ1) is 19.4. The highest BCUT2D eigenvalue weighted by Crippen LogP contribution is 2.29. The molecule has 0 bridgehead atoms. The third-order valence-electron chi connectivity index (χ3n) is 6.01. The second kappa shape index (κ2) is 8.99. The fourth-order valence-corrected chi connectivity index (χ4v) is 4.36. The van der Waals surface area contributed by atoms with Gasteiger partial charge in [-0.2, -0.15) is 5.26 Å². The molecule has 3 rings (SSSR count). The van der Waals surface area contributed by atoms with Crippen molar-refractivity contribution in [3.05, 3.63) is 35.9 Å². The fourth-order valence-electron chi connectivity index (χ4n) is 4.36. The Kier molecular flexibility index (Phi) is 6.69. The molecule has 0 aliphatic carbocycles. The number of piperazine rings is 1. The van der Waals surface area contributed by atoms with Crippen LogP contribution in [0.3, 0.4) is 0 Å². The van der Waals surface area contributed by atoms with Gasteiger partial charge in [-0.25, -0.2) is 0 Å². The second-order valence-electron chi connectivity index (χ2n) is 8.45. The Bertz CT molecular complexity index is 586. The van der Waals surface area contributed by atoms with E-state index in [0.29, 0.717) is 0 Å². The van der Waals surface area contributed by atoms with Crippen LogP contribution in [0.2, 0.25) is 0 Å².